The zero-order valence-electron chi connectivity index (χ0n) is 17.0. The maximum absolute atomic E-state index is 10.3. The lowest BCUT2D eigenvalue weighted by atomic mass is 9.62. The summed E-state index contributed by atoms with van der Waals surface area (Å²) < 4.78 is 6.55. The van der Waals surface area contributed by atoms with Crippen LogP contribution < -0.4 is 4.74 Å². The van der Waals surface area contributed by atoms with Crippen LogP contribution in [-0.2, 0) is 0 Å². The molecule has 0 saturated heterocycles. The van der Waals surface area contributed by atoms with Crippen LogP contribution in [0.3, 0.4) is 0 Å². The number of hydrogen-bond acceptors (Lipinski definition) is 2. The van der Waals surface area contributed by atoms with E-state index in [2.05, 4.69) is 0 Å². The summed E-state index contributed by atoms with van der Waals surface area (Å²) in [7, 11) is 0. The quantitative estimate of drug-likeness (QED) is 0.384. The van der Waals surface area contributed by atoms with Crippen molar-refractivity contribution in [2.45, 2.75) is 51.4 Å². The van der Waals surface area contributed by atoms with Crippen molar-refractivity contribution >= 4 is 29.0 Å². The highest BCUT2D eigenvalue weighted by Crippen LogP contribution is 2.53. The van der Waals surface area contributed by atoms with E-state index in [0.29, 0.717) is 21.9 Å². The normalized spacial score (nSPS) is 25.0. The molecule has 0 heterocycles. The van der Waals surface area contributed by atoms with Gasteiger partial charge in [0.15, 0.2) is 0 Å². The molecule has 2 unspecified atom stereocenters. The van der Waals surface area contributed by atoms with E-state index in [1.54, 1.807) is 23.3 Å². The Morgan fingerprint density at radius 2 is 1.73 bits per heavy atom. The molecule has 1 N–H and O–H groups in total. The zero-order valence-corrected chi connectivity index (χ0v) is 18.5. The first-order valence-electron chi connectivity index (χ1n) is 11.0. The second kappa shape index (κ2) is 8.32. The molecule has 1 saturated carbocycles. The average molecular weight is 441 g/mol. The molecule has 2 nitrogen and oxygen atoms in total. The maximum atomic E-state index is 10.3. The highest BCUT2D eigenvalue weighted by Gasteiger charge is 2.39. The first-order valence-corrected chi connectivity index (χ1v) is 11.7. The van der Waals surface area contributed by atoms with Crippen LogP contribution in [0.1, 0.15) is 56.9 Å². The first kappa shape index (κ1) is 20.0. The summed E-state index contributed by atoms with van der Waals surface area (Å²) in [5.41, 5.74) is 5.68. The van der Waals surface area contributed by atoms with Gasteiger partial charge in [0.2, 0.25) is 0 Å². The van der Waals surface area contributed by atoms with Gasteiger partial charge in [0.1, 0.15) is 17.3 Å². The SMILES string of the molecule is Oc1cc(/C(Oc2ccc(Cl)cc2)=C2/C3CCCC2C2=C(CCCC2)C3)ccc1Cl. The van der Waals surface area contributed by atoms with Crippen LogP contribution in [0.15, 0.2) is 59.2 Å². The number of halogens is 2. The summed E-state index contributed by atoms with van der Waals surface area (Å²) >= 11 is 12.2. The molecule has 0 spiro atoms. The minimum absolute atomic E-state index is 0.0884. The Kier molecular flexibility index (Phi) is 5.56. The minimum atomic E-state index is 0.0884. The van der Waals surface area contributed by atoms with Crippen molar-refractivity contribution in [1.82, 2.24) is 0 Å². The summed E-state index contributed by atoms with van der Waals surface area (Å²) in [4.78, 5) is 0. The van der Waals surface area contributed by atoms with Crippen LogP contribution in [-0.4, -0.2) is 5.11 Å². The van der Waals surface area contributed by atoms with Gasteiger partial charge in [0.25, 0.3) is 0 Å². The number of phenols is 1. The monoisotopic (exact) mass is 440 g/mol. The van der Waals surface area contributed by atoms with Gasteiger partial charge in [-0.15, -0.1) is 0 Å². The lowest BCUT2D eigenvalue weighted by molar-refractivity contribution is 0.335. The summed E-state index contributed by atoms with van der Waals surface area (Å²) in [5, 5.41) is 11.3. The van der Waals surface area contributed by atoms with Crippen molar-refractivity contribution in [1.29, 1.82) is 0 Å². The van der Waals surface area contributed by atoms with E-state index in [9.17, 15) is 5.11 Å². The van der Waals surface area contributed by atoms with Gasteiger partial charge in [0, 0.05) is 16.5 Å². The Labute approximate surface area is 188 Å². The van der Waals surface area contributed by atoms with Crippen LogP contribution >= 0.6 is 23.2 Å². The molecule has 2 aromatic rings. The fourth-order valence-electron chi connectivity index (χ4n) is 5.58. The molecule has 3 aliphatic carbocycles. The van der Waals surface area contributed by atoms with Crippen molar-refractivity contribution in [2.24, 2.45) is 11.8 Å². The third-order valence-corrected chi connectivity index (χ3v) is 7.48. The van der Waals surface area contributed by atoms with Crippen molar-refractivity contribution in [3.05, 3.63) is 74.8 Å². The Hall–Kier alpha value is -1.90. The predicted molar refractivity (Wildman–Crippen MR) is 123 cm³/mol. The van der Waals surface area contributed by atoms with Crippen molar-refractivity contribution in [3.63, 3.8) is 0 Å². The Balaban J connectivity index is 1.66. The van der Waals surface area contributed by atoms with E-state index in [-0.39, 0.29) is 5.75 Å². The van der Waals surface area contributed by atoms with Crippen molar-refractivity contribution < 1.29 is 9.84 Å². The van der Waals surface area contributed by atoms with E-state index < -0.39 is 0 Å². The van der Waals surface area contributed by atoms with E-state index >= 15 is 0 Å². The second-order valence-electron chi connectivity index (χ2n) is 8.73. The molecular weight excluding hydrogens is 415 g/mol. The first-order chi connectivity index (χ1) is 14.6. The fraction of sp³-hybridized carbons (Fsp3) is 0.385. The smallest absolute Gasteiger partial charge is 0.134 e. The minimum Gasteiger partial charge on any atom is -0.506 e. The molecule has 3 aliphatic rings. The lowest BCUT2D eigenvalue weighted by Gasteiger charge is -2.43. The molecule has 0 radical (unpaired) electrons. The fourth-order valence-corrected chi connectivity index (χ4v) is 5.83. The van der Waals surface area contributed by atoms with Crippen molar-refractivity contribution in [3.8, 4) is 11.5 Å². The molecule has 2 atom stereocenters. The lowest BCUT2D eigenvalue weighted by Crippen LogP contribution is -2.30. The Morgan fingerprint density at radius 1 is 0.933 bits per heavy atom. The van der Waals surface area contributed by atoms with Crippen LogP contribution in [0.2, 0.25) is 10.0 Å². The summed E-state index contributed by atoms with van der Waals surface area (Å²) in [5.74, 6) is 2.72. The van der Waals surface area contributed by atoms with Crippen LogP contribution in [0, 0.1) is 11.8 Å². The number of hydrogen-bond donors (Lipinski definition) is 1. The van der Waals surface area contributed by atoms with Gasteiger partial charge in [-0.2, -0.15) is 0 Å². The number of rotatable bonds is 3. The van der Waals surface area contributed by atoms with E-state index in [1.807, 2.05) is 30.3 Å². The van der Waals surface area contributed by atoms with Crippen LogP contribution in [0.25, 0.3) is 5.76 Å². The molecule has 5 rings (SSSR count). The highest BCUT2D eigenvalue weighted by atomic mass is 35.5. The number of aromatic hydroxyl groups is 1. The zero-order chi connectivity index (χ0) is 20.7. The largest absolute Gasteiger partial charge is 0.506 e. The van der Waals surface area contributed by atoms with Gasteiger partial charge in [0.05, 0.1) is 5.02 Å². The highest BCUT2D eigenvalue weighted by molar-refractivity contribution is 6.32. The van der Waals surface area contributed by atoms with Gasteiger partial charge >= 0.3 is 0 Å². The van der Waals surface area contributed by atoms with Gasteiger partial charge < -0.3 is 9.84 Å². The molecule has 0 aromatic heterocycles. The third-order valence-electron chi connectivity index (χ3n) is 6.91. The van der Waals surface area contributed by atoms with Crippen LogP contribution in [0.4, 0.5) is 0 Å². The summed E-state index contributed by atoms with van der Waals surface area (Å²) in [6.07, 6.45) is 9.94. The van der Waals surface area contributed by atoms with Crippen LogP contribution in [0.5, 0.6) is 11.5 Å². The Morgan fingerprint density at radius 3 is 2.53 bits per heavy atom. The standard InChI is InChI=1S/C26H26Cl2O2/c27-19-9-11-20(12-10-19)30-26(18-8-13-23(28)24(29)15-18)25-17-5-3-7-22(25)21-6-2-1-4-16(21)14-17/h8-13,15,17,22,29H,1-7,14H2/b26-25+. The number of allylic oxidation sites excluding steroid dienone is 3. The average Bonchev–Trinajstić information content (AvgIpc) is 2.75. The molecule has 0 amide bonds. The number of benzene rings is 2. The number of phenolic OH excluding ortho intramolecular Hbond substituents is 1. The second-order valence-corrected chi connectivity index (χ2v) is 9.57. The molecule has 4 heteroatoms. The molecular formula is C26H26Cl2O2. The Bertz CT molecular complexity index is 1020. The van der Waals surface area contributed by atoms with Gasteiger partial charge in [-0.25, -0.2) is 0 Å². The molecule has 30 heavy (non-hydrogen) atoms. The van der Waals surface area contributed by atoms with E-state index in [0.717, 1.165) is 23.5 Å². The number of ether oxygens (including phenoxy) is 1. The molecule has 2 bridgehead atoms. The van der Waals surface area contributed by atoms with Crippen molar-refractivity contribution in [2.75, 3.05) is 0 Å². The molecule has 0 aliphatic heterocycles. The molecule has 2 aromatic carbocycles. The number of fused-ring (bicyclic) bond motifs is 3. The third kappa shape index (κ3) is 3.76. The van der Waals surface area contributed by atoms with E-state index in [4.69, 9.17) is 27.9 Å². The summed E-state index contributed by atoms with van der Waals surface area (Å²) in [6, 6.07) is 13.0. The molecule has 1 fully saturated rings. The van der Waals surface area contributed by atoms with E-state index in [1.165, 1.54) is 50.5 Å². The van der Waals surface area contributed by atoms with Gasteiger partial charge in [-0.3, -0.25) is 0 Å². The predicted octanol–water partition coefficient (Wildman–Crippen LogP) is 8.18. The van der Waals surface area contributed by atoms with Gasteiger partial charge in [-0.05, 0) is 98.9 Å². The van der Waals surface area contributed by atoms with Gasteiger partial charge in [-0.1, -0.05) is 40.8 Å². The summed E-state index contributed by atoms with van der Waals surface area (Å²) in [6.45, 7) is 0. The molecule has 156 valence electrons. The maximum Gasteiger partial charge on any atom is 0.134 e. The topological polar surface area (TPSA) is 29.5 Å².